The second-order valence-electron chi connectivity index (χ2n) is 4.80. The first kappa shape index (κ1) is 16.5. The first-order chi connectivity index (χ1) is 9.69. The first-order valence-electron chi connectivity index (χ1n) is 7.39. The molecule has 0 saturated carbocycles. The Kier molecular flexibility index (Phi) is 7.73. The van der Waals surface area contributed by atoms with Crippen LogP contribution in [0.4, 0.5) is 5.69 Å². The quantitative estimate of drug-likeness (QED) is 0.683. The Balaban J connectivity index is 2.46. The Morgan fingerprint density at radius 3 is 2.75 bits per heavy atom. The lowest BCUT2D eigenvalue weighted by molar-refractivity contribution is 0.0942. The summed E-state index contributed by atoms with van der Waals surface area (Å²) in [5.41, 5.74) is 2.74. The first-order valence-corrected chi connectivity index (χ1v) is 7.39. The van der Waals surface area contributed by atoms with Gasteiger partial charge in [0.2, 0.25) is 0 Å². The number of rotatable bonds is 9. The molecule has 0 saturated heterocycles. The van der Waals surface area contributed by atoms with Gasteiger partial charge in [-0.3, -0.25) is 4.79 Å². The smallest absolute Gasteiger partial charge is 0.253 e. The van der Waals surface area contributed by atoms with Crippen LogP contribution in [0.2, 0.25) is 0 Å². The minimum Gasteiger partial charge on any atom is -0.385 e. The minimum atomic E-state index is -0.0311. The van der Waals surface area contributed by atoms with Crippen LogP contribution in [0.3, 0.4) is 0 Å². The number of aryl methyl sites for hydroxylation is 1. The van der Waals surface area contributed by atoms with Crippen molar-refractivity contribution in [3.63, 3.8) is 0 Å². The number of benzene rings is 1. The lowest BCUT2D eigenvalue weighted by Crippen LogP contribution is -2.26. The molecule has 0 aliphatic carbocycles. The third-order valence-electron chi connectivity index (χ3n) is 2.89. The molecule has 2 N–H and O–H groups in total. The van der Waals surface area contributed by atoms with Crippen molar-refractivity contribution < 1.29 is 9.53 Å². The van der Waals surface area contributed by atoms with Gasteiger partial charge in [0, 0.05) is 32.0 Å². The second-order valence-corrected chi connectivity index (χ2v) is 4.80. The number of amides is 1. The second kappa shape index (κ2) is 9.37. The molecule has 4 nitrogen and oxygen atoms in total. The zero-order chi connectivity index (χ0) is 14.8. The molecule has 0 aliphatic rings. The van der Waals surface area contributed by atoms with Crippen LogP contribution in [0.1, 0.15) is 42.6 Å². The monoisotopic (exact) mass is 278 g/mol. The van der Waals surface area contributed by atoms with Gasteiger partial charge in [-0.05, 0) is 44.4 Å². The van der Waals surface area contributed by atoms with Gasteiger partial charge in [-0.25, -0.2) is 0 Å². The highest BCUT2D eigenvalue weighted by Crippen LogP contribution is 2.17. The van der Waals surface area contributed by atoms with Gasteiger partial charge in [0.1, 0.15) is 0 Å². The van der Waals surface area contributed by atoms with Crippen molar-refractivity contribution in [2.24, 2.45) is 0 Å². The molecule has 0 spiro atoms. The zero-order valence-electron chi connectivity index (χ0n) is 12.8. The van der Waals surface area contributed by atoms with Gasteiger partial charge in [-0.1, -0.05) is 13.0 Å². The molecule has 4 heteroatoms. The predicted molar refractivity (Wildman–Crippen MR) is 83.4 cm³/mol. The molecule has 0 aromatic heterocycles. The van der Waals surface area contributed by atoms with Gasteiger partial charge in [-0.15, -0.1) is 0 Å². The van der Waals surface area contributed by atoms with Gasteiger partial charge < -0.3 is 15.4 Å². The average molecular weight is 278 g/mol. The Hall–Kier alpha value is -1.55. The van der Waals surface area contributed by atoms with Crippen LogP contribution in [0.25, 0.3) is 0 Å². The highest BCUT2D eigenvalue weighted by atomic mass is 16.5. The summed E-state index contributed by atoms with van der Waals surface area (Å²) < 4.78 is 5.38. The number of hydrogen-bond donors (Lipinski definition) is 2. The Bertz CT molecular complexity index is 419. The van der Waals surface area contributed by atoms with E-state index in [1.165, 1.54) is 0 Å². The number of anilines is 1. The normalized spacial score (nSPS) is 10.3. The lowest BCUT2D eigenvalue weighted by atomic mass is 10.1. The summed E-state index contributed by atoms with van der Waals surface area (Å²) in [5.74, 6) is -0.0311. The largest absolute Gasteiger partial charge is 0.385 e. The Labute approximate surface area is 121 Å². The van der Waals surface area contributed by atoms with Gasteiger partial charge in [0.05, 0.1) is 5.56 Å². The lowest BCUT2D eigenvalue weighted by Gasteiger charge is -2.12. The third-order valence-corrected chi connectivity index (χ3v) is 2.89. The van der Waals surface area contributed by atoms with Gasteiger partial charge >= 0.3 is 0 Å². The molecule has 0 heterocycles. The number of carbonyl (C=O) groups is 1. The van der Waals surface area contributed by atoms with Crippen molar-refractivity contribution >= 4 is 11.6 Å². The summed E-state index contributed by atoms with van der Waals surface area (Å²) in [6, 6.07) is 5.83. The van der Waals surface area contributed by atoms with Crippen LogP contribution in [0, 0.1) is 6.92 Å². The van der Waals surface area contributed by atoms with E-state index >= 15 is 0 Å². The number of ether oxygens (including phenoxy) is 1. The summed E-state index contributed by atoms with van der Waals surface area (Å²) in [4.78, 5) is 12.1. The number of carbonyl (C=O) groups excluding carboxylic acids is 1. The fraction of sp³-hybridized carbons (Fsp3) is 0.562. The number of nitrogens with one attached hydrogen (secondary N) is 2. The summed E-state index contributed by atoms with van der Waals surface area (Å²) >= 11 is 0. The fourth-order valence-electron chi connectivity index (χ4n) is 1.91. The molecule has 1 amide bonds. The fourth-order valence-corrected chi connectivity index (χ4v) is 1.91. The molecule has 1 aromatic rings. The molecule has 0 unspecified atom stereocenters. The van der Waals surface area contributed by atoms with Crippen molar-refractivity contribution in [2.45, 2.75) is 33.6 Å². The maximum atomic E-state index is 12.1. The van der Waals surface area contributed by atoms with Crippen LogP contribution in [0.5, 0.6) is 0 Å². The third kappa shape index (κ3) is 5.61. The van der Waals surface area contributed by atoms with E-state index in [1.54, 1.807) is 0 Å². The molecule has 1 rings (SSSR count). The highest BCUT2D eigenvalue weighted by Gasteiger charge is 2.10. The van der Waals surface area contributed by atoms with E-state index in [-0.39, 0.29) is 5.91 Å². The Morgan fingerprint density at radius 1 is 1.25 bits per heavy atom. The van der Waals surface area contributed by atoms with Crippen LogP contribution in [-0.2, 0) is 4.74 Å². The minimum absolute atomic E-state index is 0.0311. The van der Waals surface area contributed by atoms with Crippen LogP contribution in [-0.4, -0.2) is 32.2 Å². The van der Waals surface area contributed by atoms with Gasteiger partial charge in [-0.2, -0.15) is 0 Å². The standard InChI is InChI=1S/C16H26N2O2/c1-4-10-20-11-6-9-18-16(19)14-8-7-13(3)12-15(14)17-5-2/h7-8,12,17H,4-6,9-11H2,1-3H3,(H,18,19). The number of hydrogen-bond acceptors (Lipinski definition) is 3. The SMILES string of the molecule is CCCOCCCNC(=O)c1ccc(C)cc1NCC. The van der Waals surface area contributed by atoms with Crippen LogP contribution >= 0.6 is 0 Å². The maximum absolute atomic E-state index is 12.1. The highest BCUT2D eigenvalue weighted by molar-refractivity contribution is 5.99. The van der Waals surface area contributed by atoms with E-state index in [1.807, 2.05) is 32.0 Å². The molecule has 1 aromatic carbocycles. The van der Waals surface area contributed by atoms with Crippen molar-refractivity contribution in [3.8, 4) is 0 Å². The van der Waals surface area contributed by atoms with Crippen molar-refractivity contribution in [3.05, 3.63) is 29.3 Å². The molecule has 0 aliphatic heterocycles. The average Bonchev–Trinajstić information content (AvgIpc) is 2.43. The van der Waals surface area contributed by atoms with E-state index < -0.39 is 0 Å². The van der Waals surface area contributed by atoms with E-state index in [2.05, 4.69) is 17.6 Å². The zero-order valence-corrected chi connectivity index (χ0v) is 12.8. The predicted octanol–water partition coefficient (Wildman–Crippen LogP) is 2.97. The molecule has 0 bridgehead atoms. The van der Waals surface area contributed by atoms with E-state index in [9.17, 15) is 4.79 Å². The molecular weight excluding hydrogens is 252 g/mol. The molecular formula is C16H26N2O2. The Morgan fingerprint density at radius 2 is 2.05 bits per heavy atom. The van der Waals surface area contributed by atoms with E-state index in [4.69, 9.17) is 4.74 Å². The summed E-state index contributed by atoms with van der Waals surface area (Å²) in [6.45, 7) is 9.05. The molecule has 20 heavy (non-hydrogen) atoms. The summed E-state index contributed by atoms with van der Waals surface area (Å²) in [7, 11) is 0. The molecule has 0 radical (unpaired) electrons. The van der Waals surface area contributed by atoms with E-state index in [0.717, 1.165) is 37.2 Å². The van der Waals surface area contributed by atoms with Gasteiger partial charge in [0.15, 0.2) is 0 Å². The van der Waals surface area contributed by atoms with Crippen LogP contribution < -0.4 is 10.6 Å². The van der Waals surface area contributed by atoms with E-state index in [0.29, 0.717) is 18.7 Å². The van der Waals surface area contributed by atoms with Crippen molar-refractivity contribution in [1.29, 1.82) is 0 Å². The van der Waals surface area contributed by atoms with Crippen molar-refractivity contribution in [2.75, 3.05) is 31.6 Å². The molecule has 0 fully saturated rings. The maximum Gasteiger partial charge on any atom is 0.253 e. The molecule has 112 valence electrons. The van der Waals surface area contributed by atoms with Gasteiger partial charge in [0.25, 0.3) is 5.91 Å². The van der Waals surface area contributed by atoms with Crippen LogP contribution in [0.15, 0.2) is 18.2 Å². The molecule has 0 atom stereocenters. The topological polar surface area (TPSA) is 50.4 Å². The summed E-state index contributed by atoms with van der Waals surface area (Å²) in [5, 5.41) is 6.17. The summed E-state index contributed by atoms with van der Waals surface area (Å²) in [6.07, 6.45) is 1.87. The van der Waals surface area contributed by atoms with Crippen molar-refractivity contribution in [1.82, 2.24) is 5.32 Å².